The first-order chi connectivity index (χ1) is 7.83. The SMILES string of the molecule is CC.CC/C=C\CCC.CCCCCCC. The lowest BCUT2D eigenvalue weighted by atomic mass is 10.2. The monoisotopic (exact) mass is 228 g/mol. The van der Waals surface area contributed by atoms with E-state index < -0.39 is 0 Å². The Kier molecular flexibility index (Phi) is 38.6. The predicted octanol–water partition coefficient (Wildman–Crippen LogP) is 6.76. The Morgan fingerprint density at radius 1 is 0.625 bits per heavy atom. The van der Waals surface area contributed by atoms with Crippen LogP contribution in [0.1, 0.15) is 92.9 Å². The normalized spacial score (nSPS) is 9.12. The largest absolute Gasteiger partial charge is 0.0888 e. The Morgan fingerprint density at radius 3 is 1.44 bits per heavy atom. The smallest absolute Gasteiger partial charge is 0.0353 e. The van der Waals surface area contributed by atoms with Crippen molar-refractivity contribution in [1.29, 1.82) is 0 Å². The highest BCUT2D eigenvalue weighted by atomic mass is 13.9. The van der Waals surface area contributed by atoms with E-state index in [4.69, 9.17) is 0 Å². The van der Waals surface area contributed by atoms with Crippen LogP contribution in [0.4, 0.5) is 0 Å². The van der Waals surface area contributed by atoms with E-state index in [2.05, 4.69) is 39.8 Å². The maximum Gasteiger partial charge on any atom is -0.0353 e. The fourth-order valence-corrected chi connectivity index (χ4v) is 1.13. The van der Waals surface area contributed by atoms with Gasteiger partial charge in [-0.15, -0.1) is 0 Å². The third-order valence-corrected chi connectivity index (χ3v) is 2.06. The van der Waals surface area contributed by atoms with Crippen LogP contribution >= 0.6 is 0 Å². The minimum absolute atomic E-state index is 1.18. The van der Waals surface area contributed by atoms with E-state index >= 15 is 0 Å². The number of allylic oxidation sites excluding steroid dienone is 2. The van der Waals surface area contributed by atoms with Crippen LogP contribution in [-0.2, 0) is 0 Å². The molecule has 0 aliphatic rings. The van der Waals surface area contributed by atoms with Crippen LogP contribution in [0.15, 0.2) is 12.2 Å². The minimum Gasteiger partial charge on any atom is -0.0888 e. The average Bonchev–Trinajstić information content (AvgIpc) is 2.34. The Hall–Kier alpha value is -0.260. The van der Waals surface area contributed by atoms with Gasteiger partial charge in [-0.2, -0.15) is 0 Å². The van der Waals surface area contributed by atoms with Gasteiger partial charge >= 0.3 is 0 Å². The zero-order chi connectivity index (χ0) is 13.1. The fraction of sp³-hybridized carbons (Fsp3) is 0.875. The predicted molar refractivity (Wildman–Crippen MR) is 80.1 cm³/mol. The zero-order valence-corrected chi connectivity index (χ0v) is 12.8. The van der Waals surface area contributed by atoms with Crippen LogP contribution in [-0.4, -0.2) is 0 Å². The van der Waals surface area contributed by atoms with Crippen molar-refractivity contribution >= 4 is 0 Å². The van der Waals surface area contributed by atoms with Gasteiger partial charge in [0.15, 0.2) is 0 Å². The van der Waals surface area contributed by atoms with Crippen LogP contribution < -0.4 is 0 Å². The van der Waals surface area contributed by atoms with Gasteiger partial charge in [0, 0.05) is 0 Å². The van der Waals surface area contributed by atoms with Gasteiger partial charge in [-0.3, -0.25) is 0 Å². The second kappa shape index (κ2) is 29.3. The molecule has 100 valence electrons. The number of hydrogen-bond donors (Lipinski definition) is 0. The maximum absolute atomic E-state index is 2.25. The molecular weight excluding hydrogens is 192 g/mol. The third-order valence-electron chi connectivity index (χ3n) is 2.06. The quantitative estimate of drug-likeness (QED) is 0.334. The molecule has 0 nitrogen and oxygen atoms in total. The van der Waals surface area contributed by atoms with Gasteiger partial charge in [-0.25, -0.2) is 0 Å². The highest BCUT2D eigenvalue weighted by Gasteiger charge is 1.80. The first kappa shape index (κ1) is 21.1. The summed E-state index contributed by atoms with van der Waals surface area (Å²) in [5.41, 5.74) is 0. The first-order valence-corrected chi connectivity index (χ1v) is 7.48. The molecule has 0 amide bonds. The average molecular weight is 228 g/mol. The van der Waals surface area contributed by atoms with E-state index in [1.807, 2.05) is 13.8 Å². The van der Waals surface area contributed by atoms with Crippen molar-refractivity contribution in [3.8, 4) is 0 Å². The van der Waals surface area contributed by atoms with Gasteiger partial charge in [0.1, 0.15) is 0 Å². The van der Waals surface area contributed by atoms with E-state index in [0.29, 0.717) is 0 Å². The Morgan fingerprint density at radius 2 is 1.12 bits per heavy atom. The van der Waals surface area contributed by atoms with Crippen LogP contribution in [0.2, 0.25) is 0 Å². The molecule has 0 aromatic carbocycles. The highest BCUT2D eigenvalue weighted by Crippen LogP contribution is 2.00. The van der Waals surface area contributed by atoms with Gasteiger partial charge in [0.05, 0.1) is 0 Å². The third kappa shape index (κ3) is 37.2. The molecule has 0 atom stereocenters. The second-order valence-corrected chi connectivity index (χ2v) is 3.73. The maximum atomic E-state index is 2.25. The van der Waals surface area contributed by atoms with Gasteiger partial charge in [-0.1, -0.05) is 92.2 Å². The molecule has 0 heterocycles. The first-order valence-electron chi connectivity index (χ1n) is 7.48. The molecule has 0 saturated heterocycles. The molecule has 0 aliphatic heterocycles. The lowest BCUT2D eigenvalue weighted by Crippen LogP contribution is -1.70. The van der Waals surface area contributed by atoms with Gasteiger partial charge in [0.2, 0.25) is 0 Å². The summed E-state index contributed by atoms with van der Waals surface area (Å²) < 4.78 is 0. The van der Waals surface area contributed by atoms with Crippen molar-refractivity contribution < 1.29 is 0 Å². The van der Waals surface area contributed by atoms with E-state index in [1.165, 1.54) is 51.4 Å². The lowest BCUT2D eigenvalue weighted by Gasteiger charge is -1.90. The van der Waals surface area contributed by atoms with E-state index in [1.54, 1.807) is 0 Å². The lowest BCUT2D eigenvalue weighted by molar-refractivity contribution is 0.656. The number of hydrogen-bond acceptors (Lipinski definition) is 0. The van der Waals surface area contributed by atoms with Crippen LogP contribution in [0.5, 0.6) is 0 Å². The van der Waals surface area contributed by atoms with Crippen molar-refractivity contribution in [3.05, 3.63) is 12.2 Å². The standard InChI is InChI=1S/C7H16.C7H14.C2H6/c2*1-3-5-7-6-4-2;1-2/h3-7H2,1-2H3;5,7H,3-4,6H2,1-2H3;1-2H3/b;7-5-;. The molecule has 0 aromatic rings. The molecule has 0 aliphatic carbocycles. The molecule has 0 saturated carbocycles. The summed E-state index contributed by atoms with van der Waals surface area (Å²) in [5, 5.41) is 0. The summed E-state index contributed by atoms with van der Waals surface area (Å²) in [4.78, 5) is 0. The van der Waals surface area contributed by atoms with Crippen LogP contribution in [0.3, 0.4) is 0 Å². The van der Waals surface area contributed by atoms with Crippen molar-refractivity contribution in [1.82, 2.24) is 0 Å². The number of unbranched alkanes of at least 4 members (excludes halogenated alkanes) is 5. The Labute approximate surface area is 106 Å². The van der Waals surface area contributed by atoms with E-state index in [-0.39, 0.29) is 0 Å². The highest BCUT2D eigenvalue weighted by molar-refractivity contribution is 4.78. The molecule has 0 unspecified atom stereocenters. The molecule has 0 N–H and O–H groups in total. The van der Waals surface area contributed by atoms with Crippen molar-refractivity contribution in [2.75, 3.05) is 0 Å². The minimum atomic E-state index is 1.18. The topological polar surface area (TPSA) is 0 Å². The van der Waals surface area contributed by atoms with Crippen molar-refractivity contribution in [2.45, 2.75) is 92.9 Å². The zero-order valence-electron chi connectivity index (χ0n) is 12.8. The summed E-state index contributed by atoms with van der Waals surface area (Å²) in [6.07, 6.45) is 15.2. The molecule has 0 heteroatoms. The Bertz CT molecular complexity index is 88.2. The van der Waals surface area contributed by atoms with Gasteiger partial charge < -0.3 is 0 Å². The van der Waals surface area contributed by atoms with Crippen LogP contribution in [0, 0.1) is 0 Å². The number of rotatable bonds is 7. The van der Waals surface area contributed by atoms with Crippen molar-refractivity contribution in [2.24, 2.45) is 0 Å². The summed E-state index contributed by atoms with van der Waals surface area (Å²) in [5.74, 6) is 0. The molecule has 0 rings (SSSR count). The van der Waals surface area contributed by atoms with Gasteiger partial charge in [-0.05, 0) is 12.8 Å². The molecule has 0 radical (unpaired) electrons. The Balaban J connectivity index is -0.000000183. The molecule has 0 bridgehead atoms. The molecule has 0 fully saturated rings. The van der Waals surface area contributed by atoms with E-state index in [9.17, 15) is 0 Å². The van der Waals surface area contributed by atoms with Crippen molar-refractivity contribution in [3.63, 3.8) is 0 Å². The molecule has 16 heavy (non-hydrogen) atoms. The fourth-order valence-electron chi connectivity index (χ4n) is 1.13. The summed E-state index contributed by atoms with van der Waals surface area (Å²) >= 11 is 0. The van der Waals surface area contributed by atoms with E-state index in [0.717, 1.165) is 0 Å². The summed E-state index contributed by atoms with van der Waals surface area (Å²) in [7, 11) is 0. The van der Waals surface area contributed by atoms with Crippen LogP contribution in [0.25, 0.3) is 0 Å². The second-order valence-electron chi connectivity index (χ2n) is 3.73. The molecular formula is C16H36. The summed E-state index contributed by atoms with van der Waals surface area (Å²) in [6.45, 7) is 12.8. The molecule has 0 spiro atoms. The summed E-state index contributed by atoms with van der Waals surface area (Å²) in [6, 6.07) is 0. The van der Waals surface area contributed by atoms with Gasteiger partial charge in [0.25, 0.3) is 0 Å². The molecule has 0 aromatic heterocycles.